The first kappa shape index (κ1) is 10.8. The van der Waals surface area contributed by atoms with Crippen LogP contribution in [0.3, 0.4) is 0 Å². The van der Waals surface area contributed by atoms with Gasteiger partial charge in [0, 0.05) is 12.6 Å². The minimum Gasteiger partial charge on any atom is -0.409 e. The quantitative estimate of drug-likeness (QED) is 0.555. The second-order valence-corrected chi connectivity index (χ2v) is 4.23. The van der Waals surface area contributed by atoms with E-state index in [-0.39, 0.29) is 0 Å². The third kappa shape index (κ3) is 1.65. The maximum absolute atomic E-state index is 11.7. The molecular weight excluding hydrogens is 186 g/mol. The SMILES string of the molecule is CN1C(=O)NC([OH2+])N(C(C)(C)C)C1=O. The molecule has 6 heteroatoms. The summed E-state index contributed by atoms with van der Waals surface area (Å²) in [4.78, 5) is 25.1. The number of rotatable bonds is 0. The van der Waals surface area contributed by atoms with Gasteiger partial charge in [-0.15, -0.1) is 0 Å². The minimum atomic E-state index is -1.01. The van der Waals surface area contributed by atoms with Crippen molar-refractivity contribution in [1.29, 1.82) is 0 Å². The summed E-state index contributed by atoms with van der Waals surface area (Å²) in [6.45, 7) is 5.45. The van der Waals surface area contributed by atoms with Gasteiger partial charge < -0.3 is 5.11 Å². The van der Waals surface area contributed by atoms with Crippen LogP contribution in [0.25, 0.3) is 0 Å². The molecule has 1 aliphatic heterocycles. The molecule has 0 radical (unpaired) electrons. The van der Waals surface area contributed by atoms with Crippen molar-refractivity contribution in [3.63, 3.8) is 0 Å². The van der Waals surface area contributed by atoms with Gasteiger partial charge in [-0.1, -0.05) is 0 Å². The van der Waals surface area contributed by atoms with Crippen molar-refractivity contribution in [3.05, 3.63) is 0 Å². The van der Waals surface area contributed by atoms with Crippen LogP contribution in [0.4, 0.5) is 9.59 Å². The largest absolute Gasteiger partial charge is 0.409 e. The number of carbonyl (C=O) groups is 2. The van der Waals surface area contributed by atoms with Crippen molar-refractivity contribution in [2.24, 2.45) is 0 Å². The third-order valence-electron chi connectivity index (χ3n) is 2.04. The predicted octanol–water partition coefficient (Wildman–Crippen LogP) is -0.130. The number of hydrogen-bond acceptors (Lipinski definition) is 2. The molecule has 4 amide bonds. The van der Waals surface area contributed by atoms with Crippen LogP contribution in [0.5, 0.6) is 0 Å². The third-order valence-corrected chi connectivity index (χ3v) is 2.04. The number of imide groups is 1. The highest BCUT2D eigenvalue weighted by Gasteiger charge is 2.43. The van der Waals surface area contributed by atoms with Gasteiger partial charge in [-0.05, 0) is 20.8 Å². The molecule has 0 aliphatic carbocycles. The second-order valence-electron chi connectivity index (χ2n) is 4.23. The van der Waals surface area contributed by atoms with Gasteiger partial charge in [-0.3, -0.25) is 5.32 Å². The van der Waals surface area contributed by atoms with Gasteiger partial charge >= 0.3 is 18.4 Å². The molecule has 0 bridgehead atoms. The minimum absolute atomic E-state index is 0.443. The molecule has 1 aliphatic rings. The van der Waals surface area contributed by atoms with Crippen LogP contribution in [0.15, 0.2) is 0 Å². The number of nitrogens with one attached hydrogen (secondary N) is 1. The zero-order valence-corrected chi connectivity index (χ0v) is 8.79. The highest BCUT2D eigenvalue weighted by atomic mass is 16.3. The summed E-state index contributed by atoms with van der Waals surface area (Å²) in [5, 5.41) is 9.96. The van der Waals surface area contributed by atoms with E-state index in [1.807, 2.05) is 20.8 Å². The first-order valence-electron chi connectivity index (χ1n) is 4.34. The molecule has 0 aromatic carbocycles. The van der Waals surface area contributed by atoms with Crippen molar-refractivity contribution >= 4 is 12.1 Å². The number of carbonyl (C=O) groups excluding carboxylic acids is 2. The van der Waals surface area contributed by atoms with Crippen LogP contribution >= 0.6 is 0 Å². The van der Waals surface area contributed by atoms with E-state index < -0.39 is 24.0 Å². The van der Waals surface area contributed by atoms with Crippen molar-refractivity contribution in [2.45, 2.75) is 32.7 Å². The average Bonchev–Trinajstić information content (AvgIpc) is 1.97. The first-order valence-corrected chi connectivity index (χ1v) is 4.34. The molecule has 1 saturated heterocycles. The van der Waals surface area contributed by atoms with Crippen molar-refractivity contribution in [2.75, 3.05) is 7.05 Å². The van der Waals surface area contributed by atoms with Crippen LogP contribution in [-0.2, 0) is 0 Å². The van der Waals surface area contributed by atoms with Crippen LogP contribution < -0.4 is 5.32 Å². The molecule has 0 saturated carbocycles. The molecule has 1 heterocycles. The number of nitrogens with zero attached hydrogens (tertiary/aromatic N) is 2. The Balaban J connectivity index is 2.96. The molecule has 80 valence electrons. The fourth-order valence-electron chi connectivity index (χ4n) is 1.31. The maximum Gasteiger partial charge on any atom is 0.336 e. The van der Waals surface area contributed by atoms with Crippen molar-refractivity contribution < 1.29 is 14.7 Å². The molecule has 1 rings (SSSR count). The van der Waals surface area contributed by atoms with Gasteiger partial charge in [-0.25, -0.2) is 19.4 Å². The topological polar surface area (TPSA) is 75.6 Å². The molecular formula is C8H16N3O3+. The van der Waals surface area contributed by atoms with E-state index in [1.54, 1.807) is 0 Å². The van der Waals surface area contributed by atoms with E-state index in [9.17, 15) is 9.59 Å². The molecule has 0 spiro atoms. The highest BCUT2D eigenvalue weighted by molar-refractivity contribution is 5.95. The fraction of sp³-hybridized carbons (Fsp3) is 0.750. The highest BCUT2D eigenvalue weighted by Crippen LogP contribution is 2.19. The number of hydrogen-bond donors (Lipinski definition) is 1. The summed E-state index contributed by atoms with van der Waals surface area (Å²) >= 11 is 0. The van der Waals surface area contributed by atoms with E-state index >= 15 is 0 Å². The Labute approximate surface area is 82.5 Å². The molecule has 3 N–H and O–H groups in total. The Morgan fingerprint density at radius 1 is 1.36 bits per heavy atom. The van der Waals surface area contributed by atoms with E-state index in [0.29, 0.717) is 0 Å². The summed E-state index contributed by atoms with van der Waals surface area (Å²) < 4.78 is 0. The monoisotopic (exact) mass is 202 g/mol. The Hall–Kier alpha value is -1.30. The Morgan fingerprint density at radius 3 is 2.29 bits per heavy atom. The van der Waals surface area contributed by atoms with Crippen molar-refractivity contribution in [3.8, 4) is 0 Å². The maximum atomic E-state index is 11.7. The molecule has 0 aromatic rings. The lowest BCUT2D eigenvalue weighted by molar-refractivity contribution is -0.0513. The van der Waals surface area contributed by atoms with Crippen LogP contribution in [0, 0.1) is 0 Å². The van der Waals surface area contributed by atoms with Gasteiger partial charge in [0.1, 0.15) is 0 Å². The van der Waals surface area contributed by atoms with Crippen LogP contribution in [0.1, 0.15) is 20.8 Å². The molecule has 6 nitrogen and oxygen atoms in total. The lowest BCUT2D eigenvalue weighted by Gasteiger charge is -2.41. The zero-order chi connectivity index (χ0) is 11.1. The van der Waals surface area contributed by atoms with E-state index in [1.165, 1.54) is 11.9 Å². The second kappa shape index (κ2) is 3.13. The molecule has 0 aromatic heterocycles. The van der Waals surface area contributed by atoms with E-state index in [4.69, 9.17) is 5.11 Å². The summed E-state index contributed by atoms with van der Waals surface area (Å²) in [6, 6.07) is -0.975. The summed E-state index contributed by atoms with van der Waals surface area (Å²) in [5.41, 5.74) is -0.481. The van der Waals surface area contributed by atoms with Gasteiger partial charge in [0.25, 0.3) is 0 Å². The molecule has 14 heavy (non-hydrogen) atoms. The van der Waals surface area contributed by atoms with Crippen LogP contribution in [-0.4, -0.2) is 45.9 Å². The smallest absolute Gasteiger partial charge is 0.336 e. The number of amides is 4. The Bertz CT molecular complexity index is 271. The standard InChI is InChI=1S/C8H15N3O3/c1-8(2,3)11-6(13)9-5(12)10(4)7(11)14/h6,13H,1-4H3,(H,9,12)/p+1. The van der Waals surface area contributed by atoms with E-state index in [2.05, 4.69) is 5.32 Å². The summed E-state index contributed by atoms with van der Waals surface area (Å²) in [5.74, 6) is 0. The fourth-order valence-corrected chi connectivity index (χ4v) is 1.31. The summed E-state index contributed by atoms with van der Waals surface area (Å²) in [7, 11) is 1.39. The van der Waals surface area contributed by atoms with Crippen molar-refractivity contribution in [1.82, 2.24) is 15.1 Å². The first-order chi connectivity index (χ1) is 6.25. The molecule has 1 unspecified atom stereocenters. The van der Waals surface area contributed by atoms with E-state index in [0.717, 1.165) is 4.90 Å². The van der Waals surface area contributed by atoms with Gasteiger partial charge in [0.05, 0.1) is 0 Å². The van der Waals surface area contributed by atoms with Crippen LogP contribution in [0.2, 0.25) is 0 Å². The average molecular weight is 202 g/mol. The number of urea groups is 2. The Morgan fingerprint density at radius 2 is 1.86 bits per heavy atom. The molecule has 1 fully saturated rings. The van der Waals surface area contributed by atoms with Gasteiger partial charge in [-0.2, -0.15) is 0 Å². The normalized spacial score (nSPS) is 23.9. The zero-order valence-electron chi connectivity index (χ0n) is 8.79. The predicted molar refractivity (Wildman–Crippen MR) is 50.7 cm³/mol. The lowest BCUT2D eigenvalue weighted by Crippen LogP contribution is -2.68. The van der Waals surface area contributed by atoms with Gasteiger partial charge in [0.2, 0.25) is 0 Å². The summed E-state index contributed by atoms with van der Waals surface area (Å²) in [6.07, 6.45) is -1.01. The lowest BCUT2D eigenvalue weighted by atomic mass is 10.1. The molecule has 1 atom stereocenters. The van der Waals surface area contributed by atoms with Gasteiger partial charge in [0.15, 0.2) is 0 Å². The Kier molecular flexibility index (Phi) is 2.41.